The SMILES string of the molecule is CCOC(=O)c1ccc(S(=O)(=O)N2CCN(Cc3ccccn3)CC2)c(Br)c1. The van der Waals surface area contributed by atoms with E-state index in [2.05, 4.69) is 25.8 Å². The van der Waals surface area contributed by atoms with Crippen molar-refractivity contribution in [2.45, 2.75) is 18.4 Å². The summed E-state index contributed by atoms with van der Waals surface area (Å²) < 4.78 is 32.8. The highest BCUT2D eigenvalue weighted by Gasteiger charge is 2.30. The molecule has 0 bridgehead atoms. The lowest BCUT2D eigenvalue weighted by atomic mass is 10.2. The Hall–Kier alpha value is -1.81. The first-order chi connectivity index (χ1) is 13.4. The zero-order valence-electron chi connectivity index (χ0n) is 15.5. The van der Waals surface area contributed by atoms with E-state index < -0.39 is 16.0 Å². The predicted molar refractivity (Wildman–Crippen MR) is 108 cm³/mol. The number of carbonyl (C=O) groups is 1. The third-order valence-electron chi connectivity index (χ3n) is 4.50. The van der Waals surface area contributed by atoms with E-state index in [0.29, 0.717) is 42.8 Å². The number of aromatic nitrogens is 1. The van der Waals surface area contributed by atoms with Gasteiger partial charge in [-0.3, -0.25) is 9.88 Å². The van der Waals surface area contributed by atoms with Gasteiger partial charge in [0, 0.05) is 43.4 Å². The maximum atomic E-state index is 13.0. The normalized spacial score (nSPS) is 16.1. The Bertz CT molecular complexity index is 929. The number of benzene rings is 1. The van der Waals surface area contributed by atoms with Crippen LogP contribution in [0.4, 0.5) is 0 Å². The van der Waals surface area contributed by atoms with E-state index in [1.165, 1.54) is 22.5 Å². The zero-order chi connectivity index (χ0) is 20.1. The summed E-state index contributed by atoms with van der Waals surface area (Å²) in [4.78, 5) is 18.5. The second-order valence-corrected chi connectivity index (χ2v) is 9.13. The standard InChI is InChI=1S/C19H22BrN3O4S/c1-2-27-19(24)15-6-7-18(17(20)13-15)28(25,26)23-11-9-22(10-12-23)14-16-5-3-4-8-21-16/h3-8,13H,2,9-12,14H2,1H3. The van der Waals surface area contributed by atoms with Gasteiger partial charge < -0.3 is 4.74 Å². The molecule has 0 aliphatic carbocycles. The summed E-state index contributed by atoms with van der Waals surface area (Å²) in [5.41, 5.74) is 1.28. The molecule has 7 nitrogen and oxygen atoms in total. The van der Waals surface area contributed by atoms with Gasteiger partial charge in [-0.1, -0.05) is 6.07 Å². The predicted octanol–water partition coefficient (Wildman–Crippen LogP) is 2.53. The third kappa shape index (κ3) is 4.78. The number of piperazine rings is 1. The van der Waals surface area contributed by atoms with Crippen LogP contribution in [0.3, 0.4) is 0 Å². The molecule has 0 N–H and O–H groups in total. The Morgan fingerprint density at radius 2 is 1.93 bits per heavy atom. The smallest absolute Gasteiger partial charge is 0.338 e. The van der Waals surface area contributed by atoms with Gasteiger partial charge >= 0.3 is 5.97 Å². The molecule has 1 aliphatic heterocycles. The van der Waals surface area contributed by atoms with Crippen molar-refractivity contribution in [3.63, 3.8) is 0 Å². The van der Waals surface area contributed by atoms with Gasteiger partial charge in [0.25, 0.3) is 0 Å². The van der Waals surface area contributed by atoms with Crippen molar-refractivity contribution < 1.29 is 17.9 Å². The van der Waals surface area contributed by atoms with Crippen molar-refractivity contribution >= 4 is 31.9 Å². The van der Waals surface area contributed by atoms with E-state index in [9.17, 15) is 13.2 Å². The number of carbonyl (C=O) groups excluding carboxylic acids is 1. The summed E-state index contributed by atoms with van der Waals surface area (Å²) in [7, 11) is -3.65. The summed E-state index contributed by atoms with van der Waals surface area (Å²) in [6.45, 7) is 4.76. The highest BCUT2D eigenvalue weighted by molar-refractivity contribution is 9.10. The van der Waals surface area contributed by atoms with Gasteiger partial charge in [-0.05, 0) is 53.2 Å². The van der Waals surface area contributed by atoms with Gasteiger partial charge in [0.1, 0.15) is 0 Å². The molecule has 0 unspecified atom stereocenters. The molecule has 1 aromatic carbocycles. The van der Waals surface area contributed by atoms with Crippen LogP contribution in [-0.2, 0) is 21.3 Å². The summed E-state index contributed by atoms with van der Waals surface area (Å²) in [6.07, 6.45) is 1.76. The van der Waals surface area contributed by atoms with Crippen LogP contribution in [0, 0.1) is 0 Å². The molecule has 2 heterocycles. The topological polar surface area (TPSA) is 79.8 Å². The largest absolute Gasteiger partial charge is 0.462 e. The lowest BCUT2D eigenvalue weighted by molar-refractivity contribution is 0.0526. The third-order valence-corrected chi connectivity index (χ3v) is 7.38. The molecule has 9 heteroatoms. The number of nitrogens with zero attached hydrogens (tertiary/aromatic N) is 3. The maximum Gasteiger partial charge on any atom is 0.338 e. The number of hydrogen-bond donors (Lipinski definition) is 0. The second-order valence-electron chi connectivity index (χ2n) is 6.37. The average molecular weight is 468 g/mol. The first-order valence-corrected chi connectivity index (χ1v) is 11.2. The first kappa shape index (κ1) is 20.9. The van der Waals surface area contributed by atoms with Crippen LogP contribution in [0.5, 0.6) is 0 Å². The minimum Gasteiger partial charge on any atom is -0.462 e. The van der Waals surface area contributed by atoms with E-state index in [1.54, 1.807) is 13.1 Å². The number of esters is 1. The van der Waals surface area contributed by atoms with Gasteiger partial charge in [-0.25, -0.2) is 13.2 Å². The van der Waals surface area contributed by atoms with E-state index in [-0.39, 0.29) is 11.5 Å². The van der Waals surface area contributed by atoms with Crippen LogP contribution in [-0.4, -0.2) is 61.4 Å². The Balaban J connectivity index is 1.68. The van der Waals surface area contributed by atoms with Crippen LogP contribution in [0.15, 0.2) is 52.0 Å². The molecule has 0 amide bonds. The van der Waals surface area contributed by atoms with Gasteiger partial charge in [0.2, 0.25) is 10.0 Å². The fraction of sp³-hybridized carbons (Fsp3) is 0.368. The monoisotopic (exact) mass is 467 g/mol. The maximum absolute atomic E-state index is 13.0. The van der Waals surface area contributed by atoms with Crippen LogP contribution in [0.25, 0.3) is 0 Å². The number of sulfonamides is 1. The van der Waals surface area contributed by atoms with Crippen LogP contribution in [0.1, 0.15) is 23.0 Å². The lowest BCUT2D eigenvalue weighted by Crippen LogP contribution is -2.48. The quantitative estimate of drug-likeness (QED) is 0.607. The Morgan fingerprint density at radius 3 is 2.54 bits per heavy atom. The molecule has 1 aliphatic rings. The van der Waals surface area contributed by atoms with E-state index in [0.717, 1.165) is 5.69 Å². The van der Waals surface area contributed by atoms with Crippen LogP contribution < -0.4 is 0 Å². The molecule has 1 saturated heterocycles. The van der Waals surface area contributed by atoms with Gasteiger partial charge in [0.15, 0.2) is 0 Å². The Kier molecular flexibility index (Phi) is 6.82. The van der Waals surface area contributed by atoms with E-state index in [4.69, 9.17) is 4.74 Å². The molecule has 0 saturated carbocycles. The average Bonchev–Trinajstić information content (AvgIpc) is 2.69. The van der Waals surface area contributed by atoms with Crippen molar-refractivity contribution in [2.75, 3.05) is 32.8 Å². The summed E-state index contributed by atoms with van der Waals surface area (Å²) in [5.74, 6) is -0.477. The van der Waals surface area contributed by atoms with Crippen molar-refractivity contribution in [1.82, 2.24) is 14.2 Å². The number of halogens is 1. The molecule has 0 atom stereocenters. The van der Waals surface area contributed by atoms with E-state index in [1.807, 2.05) is 18.2 Å². The van der Waals surface area contributed by atoms with Crippen molar-refractivity contribution in [1.29, 1.82) is 0 Å². The minimum absolute atomic E-state index is 0.152. The number of pyridine rings is 1. The molecule has 1 fully saturated rings. The molecule has 150 valence electrons. The number of ether oxygens (including phenoxy) is 1. The van der Waals surface area contributed by atoms with Crippen molar-refractivity contribution in [2.24, 2.45) is 0 Å². The van der Waals surface area contributed by atoms with Gasteiger partial charge in [0.05, 0.1) is 22.8 Å². The van der Waals surface area contributed by atoms with Crippen LogP contribution >= 0.6 is 15.9 Å². The molecule has 28 heavy (non-hydrogen) atoms. The molecular weight excluding hydrogens is 446 g/mol. The Labute approximate surface area is 173 Å². The number of rotatable bonds is 6. The van der Waals surface area contributed by atoms with Gasteiger partial charge in [-0.2, -0.15) is 4.31 Å². The summed E-state index contributed by atoms with van der Waals surface area (Å²) in [5, 5.41) is 0. The van der Waals surface area contributed by atoms with Crippen LogP contribution in [0.2, 0.25) is 0 Å². The second kappa shape index (κ2) is 9.13. The molecule has 0 spiro atoms. The lowest BCUT2D eigenvalue weighted by Gasteiger charge is -2.33. The zero-order valence-corrected chi connectivity index (χ0v) is 17.9. The first-order valence-electron chi connectivity index (χ1n) is 9.01. The summed E-state index contributed by atoms with van der Waals surface area (Å²) >= 11 is 3.29. The molecule has 1 aromatic heterocycles. The molecular formula is C19H22BrN3O4S. The van der Waals surface area contributed by atoms with Crippen molar-refractivity contribution in [3.05, 3.63) is 58.3 Å². The highest BCUT2D eigenvalue weighted by Crippen LogP contribution is 2.27. The minimum atomic E-state index is -3.65. The Morgan fingerprint density at radius 1 is 1.18 bits per heavy atom. The molecule has 2 aromatic rings. The number of hydrogen-bond acceptors (Lipinski definition) is 6. The summed E-state index contributed by atoms with van der Waals surface area (Å²) in [6, 6.07) is 10.2. The fourth-order valence-electron chi connectivity index (χ4n) is 3.04. The highest BCUT2D eigenvalue weighted by atomic mass is 79.9. The molecule has 3 rings (SSSR count). The van der Waals surface area contributed by atoms with Crippen molar-refractivity contribution in [3.8, 4) is 0 Å². The fourth-order valence-corrected chi connectivity index (χ4v) is 5.50. The molecule has 0 radical (unpaired) electrons. The van der Waals surface area contributed by atoms with E-state index >= 15 is 0 Å². The van der Waals surface area contributed by atoms with Gasteiger partial charge in [-0.15, -0.1) is 0 Å².